The quantitative estimate of drug-likeness (QED) is 0.855. The van der Waals surface area contributed by atoms with Crippen LogP contribution in [0, 0.1) is 12.8 Å². The van der Waals surface area contributed by atoms with Crippen molar-refractivity contribution in [3.05, 3.63) is 22.1 Å². The Hall–Kier alpha value is -1.47. The van der Waals surface area contributed by atoms with Gasteiger partial charge >= 0.3 is 0 Å². The molecule has 0 aliphatic carbocycles. The Balaban J connectivity index is 1.89. The second-order valence-corrected chi connectivity index (χ2v) is 6.97. The molecule has 2 aromatic rings. The topological polar surface area (TPSA) is 66.9 Å². The Morgan fingerprint density at radius 2 is 2.20 bits per heavy atom. The van der Waals surface area contributed by atoms with E-state index in [0.29, 0.717) is 16.7 Å². The minimum absolute atomic E-state index is 0.215. The van der Waals surface area contributed by atoms with Crippen LogP contribution in [0.1, 0.15) is 35.6 Å². The van der Waals surface area contributed by atoms with E-state index in [4.69, 9.17) is 0 Å². The lowest BCUT2D eigenvalue weighted by Gasteiger charge is -2.04. The summed E-state index contributed by atoms with van der Waals surface area (Å²) in [5, 5.41) is 9.13. The summed E-state index contributed by atoms with van der Waals surface area (Å²) in [4.78, 5) is 21.4. The highest BCUT2D eigenvalue weighted by Gasteiger charge is 2.12. The molecular weight excluding hydrogens is 292 g/mol. The van der Waals surface area contributed by atoms with Gasteiger partial charge in [-0.15, -0.1) is 22.7 Å². The molecule has 2 rings (SSSR count). The van der Waals surface area contributed by atoms with Crippen LogP contribution in [0.2, 0.25) is 0 Å². The predicted octanol–water partition coefficient (Wildman–Crippen LogP) is 3.62. The molecule has 108 valence electrons. The van der Waals surface area contributed by atoms with Gasteiger partial charge in [0.15, 0.2) is 10.3 Å². The number of aromatic nitrogens is 2. The Labute approximate surface area is 126 Å². The summed E-state index contributed by atoms with van der Waals surface area (Å²) >= 11 is 2.90. The van der Waals surface area contributed by atoms with Crippen molar-refractivity contribution in [1.82, 2.24) is 9.97 Å². The lowest BCUT2D eigenvalue weighted by molar-refractivity contribution is 0.102. The number of aryl methyl sites for hydroxylation is 1. The zero-order valence-corrected chi connectivity index (χ0v) is 13.4. The molecule has 2 heterocycles. The lowest BCUT2D eigenvalue weighted by atomic mass is 10.1. The molecule has 20 heavy (non-hydrogen) atoms. The van der Waals surface area contributed by atoms with Crippen LogP contribution in [0.25, 0.3) is 0 Å². The number of anilines is 2. The van der Waals surface area contributed by atoms with E-state index in [9.17, 15) is 4.79 Å². The maximum Gasteiger partial charge on any atom is 0.276 e. The second-order valence-electron chi connectivity index (χ2n) is 4.88. The van der Waals surface area contributed by atoms with Gasteiger partial charge in [-0.3, -0.25) is 10.1 Å². The summed E-state index contributed by atoms with van der Waals surface area (Å²) in [6, 6.07) is 0. The molecule has 0 atom stereocenters. The molecule has 0 aliphatic heterocycles. The van der Waals surface area contributed by atoms with Gasteiger partial charge in [-0.2, -0.15) is 0 Å². The van der Waals surface area contributed by atoms with Crippen LogP contribution in [0.3, 0.4) is 0 Å². The van der Waals surface area contributed by atoms with E-state index in [1.54, 1.807) is 11.6 Å². The van der Waals surface area contributed by atoms with Crippen molar-refractivity contribution < 1.29 is 4.79 Å². The first-order valence-corrected chi connectivity index (χ1v) is 8.17. The van der Waals surface area contributed by atoms with E-state index >= 15 is 0 Å². The Bertz CT molecular complexity index is 576. The van der Waals surface area contributed by atoms with Gasteiger partial charge in [0.05, 0.1) is 0 Å². The molecular formula is C13H18N4OS2. The molecule has 2 aromatic heterocycles. The highest BCUT2D eigenvalue weighted by molar-refractivity contribution is 7.15. The molecule has 0 aliphatic rings. The number of hydrogen-bond acceptors (Lipinski definition) is 6. The fraction of sp³-hybridized carbons (Fsp3) is 0.462. The summed E-state index contributed by atoms with van der Waals surface area (Å²) in [6.45, 7) is 7.18. The van der Waals surface area contributed by atoms with Crippen molar-refractivity contribution in [2.45, 2.75) is 27.2 Å². The van der Waals surface area contributed by atoms with Gasteiger partial charge in [-0.25, -0.2) is 9.97 Å². The van der Waals surface area contributed by atoms with Crippen LogP contribution in [0.5, 0.6) is 0 Å². The van der Waals surface area contributed by atoms with Gasteiger partial charge in [-0.1, -0.05) is 13.8 Å². The van der Waals surface area contributed by atoms with E-state index in [2.05, 4.69) is 34.4 Å². The van der Waals surface area contributed by atoms with Crippen molar-refractivity contribution in [3.8, 4) is 0 Å². The normalized spacial score (nSPS) is 10.8. The van der Waals surface area contributed by atoms with E-state index in [0.717, 1.165) is 23.0 Å². The summed E-state index contributed by atoms with van der Waals surface area (Å²) in [6.07, 6.45) is 2.82. The molecule has 0 bridgehead atoms. The van der Waals surface area contributed by atoms with Crippen molar-refractivity contribution >= 4 is 38.8 Å². The summed E-state index contributed by atoms with van der Waals surface area (Å²) in [5.74, 6) is 0.436. The maximum absolute atomic E-state index is 12.0. The first-order chi connectivity index (χ1) is 9.54. The predicted molar refractivity (Wildman–Crippen MR) is 84.9 cm³/mol. The second kappa shape index (κ2) is 6.81. The zero-order valence-electron chi connectivity index (χ0n) is 11.8. The van der Waals surface area contributed by atoms with Gasteiger partial charge in [-0.05, 0) is 19.3 Å². The van der Waals surface area contributed by atoms with Crippen LogP contribution < -0.4 is 10.6 Å². The highest BCUT2D eigenvalue weighted by Crippen LogP contribution is 2.20. The van der Waals surface area contributed by atoms with Crippen LogP contribution in [-0.4, -0.2) is 22.4 Å². The van der Waals surface area contributed by atoms with Crippen molar-refractivity contribution in [2.75, 3.05) is 17.2 Å². The minimum atomic E-state index is -0.215. The third-order valence-electron chi connectivity index (χ3n) is 2.58. The maximum atomic E-state index is 12.0. The van der Waals surface area contributed by atoms with Crippen molar-refractivity contribution in [2.24, 2.45) is 5.92 Å². The number of rotatable bonds is 6. The number of nitrogens with zero attached hydrogens (tertiary/aromatic N) is 2. The highest BCUT2D eigenvalue weighted by atomic mass is 32.1. The van der Waals surface area contributed by atoms with Gasteiger partial charge in [0.2, 0.25) is 0 Å². The largest absolute Gasteiger partial charge is 0.361 e. The van der Waals surface area contributed by atoms with E-state index in [-0.39, 0.29) is 5.91 Å². The van der Waals surface area contributed by atoms with E-state index in [1.165, 1.54) is 22.7 Å². The van der Waals surface area contributed by atoms with Gasteiger partial charge < -0.3 is 5.32 Å². The van der Waals surface area contributed by atoms with Crippen molar-refractivity contribution in [3.63, 3.8) is 0 Å². The van der Waals surface area contributed by atoms with Gasteiger partial charge in [0.1, 0.15) is 5.69 Å². The average Bonchev–Trinajstić information content (AvgIpc) is 2.98. The monoisotopic (exact) mass is 310 g/mol. The van der Waals surface area contributed by atoms with Gasteiger partial charge in [0.25, 0.3) is 5.91 Å². The summed E-state index contributed by atoms with van der Waals surface area (Å²) < 4.78 is 0. The van der Waals surface area contributed by atoms with E-state index < -0.39 is 0 Å². The summed E-state index contributed by atoms with van der Waals surface area (Å²) in [7, 11) is 0. The smallest absolute Gasteiger partial charge is 0.276 e. The van der Waals surface area contributed by atoms with Gasteiger partial charge in [0, 0.05) is 23.0 Å². The fourth-order valence-corrected chi connectivity index (χ4v) is 2.88. The number of carbonyl (C=O) groups excluding carboxylic acids is 1. The zero-order chi connectivity index (χ0) is 14.5. The van der Waals surface area contributed by atoms with Crippen LogP contribution in [0.15, 0.2) is 11.6 Å². The number of amides is 1. The number of thiazole rings is 2. The fourth-order valence-electron chi connectivity index (χ4n) is 1.50. The SMILES string of the molecule is Cc1cnc(NC(=O)c2csc(NCCC(C)C)n2)s1. The molecule has 0 radical (unpaired) electrons. The average molecular weight is 310 g/mol. The number of carbonyl (C=O) groups is 1. The molecule has 1 amide bonds. The van der Waals surface area contributed by atoms with E-state index in [1.807, 2.05) is 6.92 Å². The number of hydrogen-bond donors (Lipinski definition) is 2. The summed E-state index contributed by atoms with van der Waals surface area (Å²) in [5.41, 5.74) is 0.426. The third kappa shape index (κ3) is 4.28. The Morgan fingerprint density at radius 1 is 1.40 bits per heavy atom. The molecule has 0 saturated carbocycles. The molecule has 0 aromatic carbocycles. The van der Waals surface area contributed by atoms with Crippen LogP contribution in [-0.2, 0) is 0 Å². The molecule has 2 N–H and O–H groups in total. The molecule has 7 heteroatoms. The van der Waals surface area contributed by atoms with Crippen molar-refractivity contribution in [1.29, 1.82) is 0 Å². The molecule has 0 spiro atoms. The minimum Gasteiger partial charge on any atom is -0.361 e. The molecule has 0 fully saturated rings. The Morgan fingerprint density at radius 3 is 2.85 bits per heavy atom. The van der Waals surface area contributed by atoms with Crippen LogP contribution >= 0.6 is 22.7 Å². The lowest BCUT2D eigenvalue weighted by Crippen LogP contribution is -2.12. The van der Waals surface area contributed by atoms with Crippen LogP contribution in [0.4, 0.5) is 10.3 Å². The molecule has 0 saturated heterocycles. The first-order valence-electron chi connectivity index (χ1n) is 6.48. The first kappa shape index (κ1) is 14.9. The Kier molecular flexibility index (Phi) is 5.08. The molecule has 0 unspecified atom stereocenters. The standard InChI is InChI=1S/C13H18N4OS2/c1-8(2)4-5-14-12-16-10(7-19-12)11(18)17-13-15-6-9(3)20-13/h6-8H,4-5H2,1-3H3,(H,14,16)(H,15,17,18). The third-order valence-corrected chi connectivity index (χ3v) is 4.20. The number of nitrogens with one attached hydrogen (secondary N) is 2. The molecule has 5 nitrogen and oxygen atoms in total.